The number of nitrogens with one attached hydrogen (secondary N) is 1. The van der Waals surface area contributed by atoms with E-state index in [1.165, 1.54) is 5.56 Å². The van der Waals surface area contributed by atoms with Gasteiger partial charge in [0.05, 0.1) is 5.69 Å². The third-order valence-electron chi connectivity index (χ3n) is 2.05. The van der Waals surface area contributed by atoms with Gasteiger partial charge in [0.25, 0.3) is 0 Å². The number of para-hydroxylation sites is 1. The zero-order valence-electron chi connectivity index (χ0n) is 8.60. The Kier molecular flexibility index (Phi) is 2.88. The molecule has 0 atom stereocenters. The Morgan fingerprint density at radius 1 is 0.933 bits per heavy atom. The van der Waals surface area contributed by atoms with Gasteiger partial charge in [0, 0.05) is 0 Å². The molecule has 2 nitrogen and oxygen atoms in total. The molecule has 0 bridgehead atoms. The van der Waals surface area contributed by atoms with Gasteiger partial charge in [-0.1, -0.05) is 30.3 Å². The number of rotatable bonds is 3. The zero-order chi connectivity index (χ0) is 10.5. The van der Waals surface area contributed by atoms with Crippen molar-refractivity contribution in [3.05, 3.63) is 60.2 Å². The van der Waals surface area contributed by atoms with Crippen LogP contribution < -0.4 is 10.3 Å². The molecular formula is C13H13NO. The van der Waals surface area contributed by atoms with Gasteiger partial charge in [-0.2, -0.15) is 0 Å². The molecule has 0 amide bonds. The van der Waals surface area contributed by atoms with E-state index in [1.807, 2.05) is 61.5 Å². The van der Waals surface area contributed by atoms with E-state index in [4.69, 9.17) is 4.84 Å². The van der Waals surface area contributed by atoms with Crippen LogP contribution in [0.4, 0.5) is 5.69 Å². The lowest BCUT2D eigenvalue weighted by Crippen LogP contribution is -2.04. The van der Waals surface area contributed by atoms with Crippen molar-refractivity contribution < 1.29 is 4.84 Å². The molecule has 0 radical (unpaired) electrons. The Labute approximate surface area is 89.5 Å². The van der Waals surface area contributed by atoms with E-state index in [1.54, 1.807) is 0 Å². The van der Waals surface area contributed by atoms with Crippen LogP contribution in [0, 0.1) is 6.92 Å². The summed E-state index contributed by atoms with van der Waals surface area (Å²) in [4.78, 5) is 5.42. The van der Waals surface area contributed by atoms with E-state index in [0.29, 0.717) is 0 Å². The monoisotopic (exact) mass is 199 g/mol. The largest absolute Gasteiger partial charge is 0.382 e. The van der Waals surface area contributed by atoms with Crippen LogP contribution >= 0.6 is 0 Å². The molecule has 0 fully saturated rings. The summed E-state index contributed by atoms with van der Waals surface area (Å²) in [6, 6.07) is 17.7. The highest BCUT2D eigenvalue weighted by atomic mass is 16.6. The van der Waals surface area contributed by atoms with Crippen LogP contribution in [-0.2, 0) is 0 Å². The van der Waals surface area contributed by atoms with Crippen molar-refractivity contribution in [2.75, 3.05) is 5.48 Å². The van der Waals surface area contributed by atoms with Crippen LogP contribution in [0.5, 0.6) is 5.75 Å². The summed E-state index contributed by atoms with van der Waals surface area (Å²) in [6.07, 6.45) is 0. The molecule has 0 aliphatic rings. The third kappa shape index (κ3) is 2.74. The number of benzene rings is 2. The first kappa shape index (κ1) is 9.59. The van der Waals surface area contributed by atoms with Gasteiger partial charge in [-0.15, -0.1) is 0 Å². The van der Waals surface area contributed by atoms with Gasteiger partial charge in [0.2, 0.25) is 0 Å². The first-order chi connectivity index (χ1) is 7.34. The second-order valence-electron chi connectivity index (χ2n) is 3.39. The zero-order valence-corrected chi connectivity index (χ0v) is 8.60. The fourth-order valence-electron chi connectivity index (χ4n) is 1.30. The van der Waals surface area contributed by atoms with Crippen molar-refractivity contribution in [2.24, 2.45) is 0 Å². The van der Waals surface area contributed by atoms with Crippen molar-refractivity contribution in [3.8, 4) is 5.75 Å². The topological polar surface area (TPSA) is 21.3 Å². The van der Waals surface area contributed by atoms with Gasteiger partial charge < -0.3 is 4.84 Å². The maximum Gasteiger partial charge on any atom is 0.155 e. The van der Waals surface area contributed by atoms with E-state index in [-0.39, 0.29) is 0 Å². The Bertz CT molecular complexity index is 426. The molecule has 2 rings (SSSR count). The molecule has 76 valence electrons. The molecule has 0 unspecified atom stereocenters. The first-order valence-electron chi connectivity index (χ1n) is 4.89. The van der Waals surface area contributed by atoms with E-state index in [2.05, 4.69) is 5.48 Å². The van der Waals surface area contributed by atoms with Crippen LogP contribution in [0.3, 0.4) is 0 Å². The van der Waals surface area contributed by atoms with Crippen molar-refractivity contribution in [1.82, 2.24) is 0 Å². The lowest BCUT2D eigenvalue weighted by atomic mass is 10.2. The fourth-order valence-corrected chi connectivity index (χ4v) is 1.30. The van der Waals surface area contributed by atoms with Crippen LogP contribution in [0.2, 0.25) is 0 Å². The lowest BCUT2D eigenvalue weighted by molar-refractivity contribution is 0.405. The van der Waals surface area contributed by atoms with Crippen LogP contribution in [0.15, 0.2) is 54.6 Å². The second-order valence-corrected chi connectivity index (χ2v) is 3.39. The van der Waals surface area contributed by atoms with E-state index in [0.717, 1.165) is 11.4 Å². The molecule has 2 aromatic carbocycles. The minimum Gasteiger partial charge on any atom is -0.382 e. The molecule has 2 aromatic rings. The van der Waals surface area contributed by atoms with Gasteiger partial charge >= 0.3 is 0 Å². The van der Waals surface area contributed by atoms with Gasteiger partial charge in [-0.3, -0.25) is 0 Å². The summed E-state index contributed by atoms with van der Waals surface area (Å²) in [5, 5.41) is 0. The number of aryl methyl sites for hydroxylation is 1. The minimum atomic E-state index is 0.818. The van der Waals surface area contributed by atoms with Crippen LogP contribution in [0.25, 0.3) is 0 Å². The Morgan fingerprint density at radius 2 is 1.73 bits per heavy atom. The van der Waals surface area contributed by atoms with Crippen molar-refractivity contribution in [3.63, 3.8) is 0 Å². The van der Waals surface area contributed by atoms with Gasteiger partial charge in [0.15, 0.2) is 5.75 Å². The minimum absolute atomic E-state index is 0.818. The quantitative estimate of drug-likeness (QED) is 0.765. The SMILES string of the molecule is Cc1cccc(ONc2ccccc2)c1. The standard InChI is InChI=1S/C13H13NO/c1-11-6-5-9-13(10-11)15-14-12-7-3-2-4-8-12/h2-10,14H,1H3. The molecular weight excluding hydrogens is 186 g/mol. The fraction of sp³-hybridized carbons (Fsp3) is 0.0769. The molecule has 0 saturated carbocycles. The first-order valence-corrected chi connectivity index (χ1v) is 4.89. The number of hydrogen-bond donors (Lipinski definition) is 1. The Hall–Kier alpha value is -1.96. The summed E-state index contributed by atoms with van der Waals surface area (Å²) in [5.41, 5.74) is 5.01. The van der Waals surface area contributed by atoms with Crippen molar-refractivity contribution in [2.45, 2.75) is 6.92 Å². The highest BCUT2D eigenvalue weighted by molar-refractivity contribution is 5.41. The molecule has 0 aliphatic heterocycles. The smallest absolute Gasteiger partial charge is 0.155 e. The summed E-state index contributed by atoms with van der Waals surface area (Å²) >= 11 is 0. The molecule has 1 N–H and O–H groups in total. The Morgan fingerprint density at radius 3 is 2.47 bits per heavy atom. The van der Waals surface area contributed by atoms with Crippen LogP contribution in [0.1, 0.15) is 5.56 Å². The predicted molar refractivity (Wildman–Crippen MR) is 61.9 cm³/mol. The number of hydrogen-bond acceptors (Lipinski definition) is 2. The molecule has 0 spiro atoms. The molecule has 2 heteroatoms. The summed E-state index contributed by atoms with van der Waals surface area (Å²) in [6.45, 7) is 2.04. The average Bonchev–Trinajstić information content (AvgIpc) is 2.28. The van der Waals surface area contributed by atoms with E-state index < -0.39 is 0 Å². The summed E-state index contributed by atoms with van der Waals surface area (Å²) in [7, 11) is 0. The van der Waals surface area contributed by atoms with E-state index >= 15 is 0 Å². The highest BCUT2D eigenvalue weighted by Crippen LogP contribution is 2.13. The normalized spacial score (nSPS) is 9.67. The molecule has 0 aliphatic carbocycles. The van der Waals surface area contributed by atoms with Gasteiger partial charge in [-0.25, -0.2) is 5.48 Å². The number of anilines is 1. The Balaban J connectivity index is 1.99. The molecule has 0 aromatic heterocycles. The van der Waals surface area contributed by atoms with Gasteiger partial charge in [-0.05, 0) is 36.8 Å². The summed E-state index contributed by atoms with van der Waals surface area (Å²) < 4.78 is 0. The maximum atomic E-state index is 5.42. The predicted octanol–water partition coefficient (Wildman–Crippen LogP) is 3.40. The summed E-state index contributed by atoms with van der Waals surface area (Å²) in [5.74, 6) is 0.818. The van der Waals surface area contributed by atoms with Crippen molar-refractivity contribution in [1.29, 1.82) is 0 Å². The molecule has 0 heterocycles. The lowest BCUT2D eigenvalue weighted by Gasteiger charge is -2.08. The van der Waals surface area contributed by atoms with Gasteiger partial charge in [0.1, 0.15) is 0 Å². The highest BCUT2D eigenvalue weighted by Gasteiger charge is 1.93. The van der Waals surface area contributed by atoms with Crippen molar-refractivity contribution >= 4 is 5.69 Å². The molecule has 15 heavy (non-hydrogen) atoms. The van der Waals surface area contributed by atoms with E-state index in [9.17, 15) is 0 Å². The third-order valence-corrected chi connectivity index (χ3v) is 2.05. The molecule has 0 saturated heterocycles. The maximum absolute atomic E-state index is 5.42. The van der Waals surface area contributed by atoms with Crippen LogP contribution in [-0.4, -0.2) is 0 Å². The average molecular weight is 199 g/mol. The second kappa shape index (κ2) is 4.51.